The number of methoxy groups -OCH3 is 1. The molecule has 3 aromatic rings. The number of aryl methyl sites for hydroxylation is 1. The van der Waals surface area contributed by atoms with E-state index in [2.05, 4.69) is 10.3 Å². The molecule has 0 atom stereocenters. The molecule has 1 N–H and O–H groups in total. The van der Waals surface area contributed by atoms with Gasteiger partial charge in [-0.2, -0.15) is 0 Å². The van der Waals surface area contributed by atoms with Crippen LogP contribution in [0.25, 0.3) is 11.3 Å². The van der Waals surface area contributed by atoms with E-state index in [0.29, 0.717) is 24.5 Å². The molecule has 1 heterocycles. The first-order valence-electron chi connectivity index (χ1n) is 8.21. The number of aromatic nitrogens is 1. The van der Waals surface area contributed by atoms with Crippen LogP contribution in [0, 0.1) is 0 Å². The number of amides is 1. The SMILES string of the molecule is COc1ccc(-c2cnc(CCC(=O)Nc3ccccc3SC)o2)cc1. The van der Waals surface area contributed by atoms with E-state index < -0.39 is 0 Å². The van der Waals surface area contributed by atoms with Crippen molar-refractivity contribution in [3.05, 3.63) is 60.6 Å². The topological polar surface area (TPSA) is 64.4 Å². The first kappa shape index (κ1) is 18.1. The third-order valence-electron chi connectivity index (χ3n) is 3.88. The zero-order valence-corrected chi connectivity index (χ0v) is 15.5. The molecule has 0 saturated heterocycles. The minimum Gasteiger partial charge on any atom is -0.497 e. The zero-order valence-electron chi connectivity index (χ0n) is 14.7. The van der Waals surface area contributed by atoms with E-state index in [1.807, 2.05) is 54.8 Å². The van der Waals surface area contributed by atoms with Gasteiger partial charge < -0.3 is 14.5 Å². The van der Waals surface area contributed by atoms with Crippen molar-refractivity contribution in [1.82, 2.24) is 4.98 Å². The highest BCUT2D eigenvalue weighted by atomic mass is 32.2. The van der Waals surface area contributed by atoms with Crippen LogP contribution < -0.4 is 10.1 Å². The summed E-state index contributed by atoms with van der Waals surface area (Å²) < 4.78 is 10.9. The molecule has 1 aromatic heterocycles. The standard InChI is InChI=1S/C20H20N2O3S/c1-24-15-9-7-14(8-10-15)17-13-21-20(25-17)12-11-19(23)22-16-5-3-4-6-18(16)26-2/h3-10,13H,11-12H2,1-2H3,(H,22,23). The molecule has 0 fully saturated rings. The number of carbonyl (C=O) groups is 1. The first-order valence-corrected chi connectivity index (χ1v) is 9.44. The molecule has 0 aliphatic rings. The summed E-state index contributed by atoms with van der Waals surface area (Å²) in [5.41, 5.74) is 1.75. The maximum absolute atomic E-state index is 12.2. The third kappa shape index (κ3) is 4.46. The van der Waals surface area contributed by atoms with Crippen LogP contribution in [0.1, 0.15) is 12.3 Å². The van der Waals surface area contributed by atoms with Gasteiger partial charge in [0.1, 0.15) is 5.75 Å². The second-order valence-corrected chi connectivity index (χ2v) is 6.44. The molecule has 3 rings (SSSR count). The molecule has 0 unspecified atom stereocenters. The summed E-state index contributed by atoms with van der Waals surface area (Å²) in [6, 6.07) is 15.3. The maximum Gasteiger partial charge on any atom is 0.224 e. The number of anilines is 1. The summed E-state index contributed by atoms with van der Waals surface area (Å²) in [7, 11) is 1.63. The monoisotopic (exact) mass is 368 g/mol. The molecule has 0 radical (unpaired) electrons. The predicted octanol–water partition coefficient (Wildman–Crippen LogP) is 4.64. The second-order valence-electron chi connectivity index (χ2n) is 5.60. The van der Waals surface area contributed by atoms with E-state index in [-0.39, 0.29) is 5.91 Å². The summed E-state index contributed by atoms with van der Waals surface area (Å²) in [4.78, 5) is 17.5. The highest BCUT2D eigenvalue weighted by Crippen LogP contribution is 2.25. The van der Waals surface area contributed by atoms with Gasteiger partial charge in [0.2, 0.25) is 5.91 Å². The molecule has 134 valence electrons. The largest absolute Gasteiger partial charge is 0.497 e. The van der Waals surface area contributed by atoms with Crippen molar-refractivity contribution in [2.24, 2.45) is 0 Å². The number of thioether (sulfide) groups is 1. The predicted molar refractivity (Wildman–Crippen MR) is 104 cm³/mol. The van der Waals surface area contributed by atoms with E-state index in [0.717, 1.165) is 21.9 Å². The average Bonchev–Trinajstić information content (AvgIpc) is 3.16. The van der Waals surface area contributed by atoms with Gasteiger partial charge in [0.05, 0.1) is 19.0 Å². The van der Waals surface area contributed by atoms with Gasteiger partial charge in [-0.05, 0) is 42.7 Å². The molecule has 6 heteroatoms. The third-order valence-corrected chi connectivity index (χ3v) is 4.67. The Labute approximate surface area is 156 Å². The second kappa shape index (κ2) is 8.58. The van der Waals surface area contributed by atoms with E-state index in [9.17, 15) is 4.79 Å². The summed E-state index contributed by atoms with van der Waals surface area (Å²) in [5, 5.41) is 2.94. The van der Waals surface area contributed by atoms with Gasteiger partial charge in [-0.15, -0.1) is 11.8 Å². The molecule has 0 saturated carbocycles. The molecule has 0 spiro atoms. The van der Waals surface area contributed by atoms with Crippen LogP contribution in [0.4, 0.5) is 5.69 Å². The van der Waals surface area contributed by atoms with Crippen LogP contribution in [0.15, 0.2) is 64.0 Å². The van der Waals surface area contributed by atoms with Crippen molar-refractivity contribution < 1.29 is 13.9 Å². The van der Waals surface area contributed by atoms with Gasteiger partial charge >= 0.3 is 0 Å². The molecule has 26 heavy (non-hydrogen) atoms. The Balaban J connectivity index is 1.58. The molecule has 5 nitrogen and oxygen atoms in total. The van der Waals surface area contributed by atoms with Crippen molar-refractivity contribution >= 4 is 23.4 Å². The van der Waals surface area contributed by atoms with Crippen molar-refractivity contribution in [2.75, 3.05) is 18.7 Å². The number of rotatable bonds is 7. The lowest BCUT2D eigenvalue weighted by atomic mass is 10.2. The van der Waals surface area contributed by atoms with Crippen LogP contribution in [-0.4, -0.2) is 24.3 Å². The summed E-state index contributed by atoms with van der Waals surface area (Å²) >= 11 is 1.60. The summed E-state index contributed by atoms with van der Waals surface area (Å²) in [6.45, 7) is 0. The molecule has 0 bridgehead atoms. The van der Waals surface area contributed by atoms with Crippen molar-refractivity contribution in [1.29, 1.82) is 0 Å². The quantitative estimate of drug-likeness (QED) is 0.615. The Morgan fingerprint density at radius 1 is 1.19 bits per heavy atom. The molecular formula is C20H20N2O3S. The van der Waals surface area contributed by atoms with Crippen molar-refractivity contribution in [3.8, 4) is 17.1 Å². The highest BCUT2D eigenvalue weighted by molar-refractivity contribution is 7.98. The van der Waals surface area contributed by atoms with Gasteiger partial charge in [0, 0.05) is 23.3 Å². The Hall–Kier alpha value is -2.73. The number of hydrogen-bond donors (Lipinski definition) is 1. The van der Waals surface area contributed by atoms with E-state index in [1.165, 1.54) is 0 Å². The van der Waals surface area contributed by atoms with Crippen LogP contribution >= 0.6 is 11.8 Å². The first-order chi connectivity index (χ1) is 12.7. The van der Waals surface area contributed by atoms with Gasteiger partial charge in [0.15, 0.2) is 11.7 Å². The fourth-order valence-corrected chi connectivity index (χ4v) is 3.05. The molecule has 0 aliphatic heterocycles. The minimum atomic E-state index is -0.0595. The van der Waals surface area contributed by atoms with E-state index in [4.69, 9.17) is 9.15 Å². The fraction of sp³-hybridized carbons (Fsp3) is 0.200. The van der Waals surface area contributed by atoms with Crippen LogP contribution in [-0.2, 0) is 11.2 Å². The minimum absolute atomic E-state index is 0.0595. The molecule has 0 aliphatic carbocycles. The number of oxazole rings is 1. The Morgan fingerprint density at radius 2 is 1.96 bits per heavy atom. The number of carbonyl (C=O) groups excluding carboxylic acids is 1. The van der Waals surface area contributed by atoms with Gasteiger partial charge in [-0.25, -0.2) is 4.98 Å². The Bertz CT molecular complexity index is 875. The lowest BCUT2D eigenvalue weighted by molar-refractivity contribution is -0.116. The molecular weight excluding hydrogens is 348 g/mol. The lowest BCUT2D eigenvalue weighted by Crippen LogP contribution is -2.13. The number of nitrogens with one attached hydrogen (secondary N) is 1. The van der Waals surface area contributed by atoms with E-state index >= 15 is 0 Å². The van der Waals surface area contributed by atoms with Crippen LogP contribution in [0.3, 0.4) is 0 Å². The molecule has 1 amide bonds. The zero-order chi connectivity index (χ0) is 18.4. The summed E-state index contributed by atoms with van der Waals surface area (Å²) in [5.74, 6) is 1.95. The lowest BCUT2D eigenvalue weighted by Gasteiger charge is -2.08. The maximum atomic E-state index is 12.2. The highest BCUT2D eigenvalue weighted by Gasteiger charge is 2.10. The number of nitrogens with zero attached hydrogens (tertiary/aromatic N) is 1. The normalized spacial score (nSPS) is 10.5. The smallest absolute Gasteiger partial charge is 0.224 e. The van der Waals surface area contributed by atoms with Crippen LogP contribution in [0.2, 0.25) is 0 Å². The van der Waals surface area contributed by atoms with E-state index in [1.54, 1.807) is 25.1 Å². The van der Waals surface area contributed by atoms with Gasteiger partial charge in [-0.3, -0.25) is 4.79 Å². The number of hydrogen-bond acceptors (Lipinski definition) is 5. The van der Waals surface area contributed by atoms with Crippen molar-refractivity contribution in [2.45, 2.75) is 17.7 Å². The molecule has 2 aromatic carbocycles. The van der Waals surface area contributed by atoms with Gasteiger partial charge in [0.25, 0.3) is 0 Å². The fourth-order valence-electron chi connectivity index (χ4n) is 2.50. The Morgan fingerprint density at radius 3 is 2.69 bits per heavy atom. The van der Waals surface area contributed by atoms with Crippen LogP contribution in [0.5, 0.6) is 5.75 Å². The number of benzene rings is 2. The van der Waals surface area contributed by atoms with Gasteiger partial charge in [-0.1, -0.05) is 12.1 Å². The Kier molecular flexibility index (Phi) is 5.96. The number of ether oxygens (including phenoxy) is 1. The van der Waals surface area contributed by atoms with Crippen molar-refractivity contribution in [3.63, 3.8) is 0 Å². The number of para-hydroxylation sites is 1. The average molecular weight is 368 g/mol. The summed E-state index contributed by atoms with van der Waals surface area (Å²) in [6.07, 6.45) is 4.42.